The van der Waals surface area contributed by atoms with E-state index >= 15 is 0 Å². The molecule has 0 bridgehead atoms. The van der Waals surface area contributed by atoms with Crippen LogP contribution in [0.4, 0.5) is 0 Å². The molecule has 1 fully saturated rings. The van der Waals surface area contributed by atoms with Crippen LogP contribution in [0, 0.1) is 0 Å². The lowest BCUT2D eigenvalue weighted by molar-refractivity contribution is 0.0790. The second-order valence-electron chi connectivity index (χ2n) is 6.86. The van der Waals surface area contributed by atoms with Crippen molar-refractivity contribution >= 4 is 0 Å². The van der Waals surface area contributed by atoms with Gasteiger partial charge in [0.1, 0.15) is 0 Å². The van der Waals surface area contributed by atoms with Gasteiger partial charge in [-0.3, -0.25) is 0 Å². The molecule has 2 rings (SSSR count). The predicted octanol–water partition coefficient (Wildman–Crippen LogP) is 3.90. The normalized spacial score (nSPS) is 22.7. The lowest BCUT2D eigenvalue weighted by Crippen LogP contribution is -2.44. The lowest BCUT2D eigenvalue weighted by atomic mass is 9.79. The van der Waals surface area contributed by atoms with Crippen molar-refractivity contribution in [3.63, 3.8) is 0 Å². The van der Waals surface area contributed by atoms with E-state index in [1.165, 1.54) is 18.4 Å². The van der Waals surface area contributed by atoms with E-state index < -0.39 is 0 Å². The first-order valence-electron chi connectivity index (χ1n) is 7.92. The molecule has 0 spiro atoms. The van der Waals surface area contributed by atoms with Crippen molar-refractivity contribution < 1.29 is 4.74 Å². The van der Waals surface area contributed by atoms with Crippen LogP contribution >= 0.6 is 0 Å². The summed E-state index contributed by atoms with van der Waals surface area (Å²) >= 11 is 0. The summed E-state index contributed by atoms with van der Waals surface area (Å²) in [6.07, 6.45) is 3.94. The van der Waals surface area contributed by atoms with Crippen LogP contribution in [0.25, 0.3) is 0 Å². The van der Waals surface area contributed by atoms with Gasteiger partial charge in [-0.2, -0.15) is 0 Å². The quantitative estimate of drug-likeness (QED) is 0.850. The molecule has 1 aliphatic heterocycles. The fourth-order valence-corrected chi connectivity index (χ4v) is 3.38. The average molecular weight is 275 g/mol. The molecule has 2 heteroatoms. The number of hydrogen-bond donors (Lipinski definition) is 1. The third-order valence-electron chi connectivity index (χ3n) is 4.44. The highest BCUT2D eigenvalue weighted by Crippen LogP contribution is 2.28. The predicted molar refractivity (Wildman–Crippen MR) is 85.1 cm³/mol. The Labute approximate surface area is 123 Å². The van der Waals surface area contributed by atoms with E-state index in [9.17, 15) is 0 Å². The molecule has 3 unspecified atom stereocenters. The van der Waals surface area contributed by atoms with Gasteiger partial charge in [0, 0.05) is 18.7 Å². The van der Waals surface area contributed by atoms with Gasteiger partial charge in [0.15, 0.2) is 0 Å². The second-order valence-corrected chi connectivity index (χ2v) is 6.86. The van der Waals surface area contributed by atoms with Gasteiger partial charge >= 0.3 is 0 Å². The fourth-order valence-electron chi connectivity index (χ4n) is 3.38. The van der Waals surface area contributed by atoms with E-state index in [0.29, 0.717) is 18.2 Å². The van der Waals surface area contributed by atoms with Crippen LogP contribution < -0.4 is 5.32 Å². The first-order valence-corrected chi connectivity index (χ1v) is 7.92. The van der Waals surface area contributed by atoms with Crippen molar-refractivity contribution in [2.75, 3.05) is 6.61 Å². The highest BCUT2D eigenvalue weighted by Gasteiger charge is 2.27. The number of benzene rings is 1. The summed E-state index contributed by atoms with van der Waals surface area (Å²) in [5.41, 5.74) is 1.61. The molecule has 0 amide bonds. The lowest BCUT2D eigenvalue weighted by Gasteiger charge is -2.32. The van der Waals surface area contributed by atoms with Gasteiger partial charge in [-0.25, -0.2) is 0 Å². The van der Waals surface area contributed by atoms with Crippen LogP contribution in [0.3, 0.4) is 0 Å². The van der Waals surface area contributed by atoms with Gasteiger partial charge in [0.2, 0.25) is 0 Å². The van der Waals surface area contributed by atoms with Crippen molar-refractivity contribution in [1.29, 1.82) is 0 Å². The SMILES string of the molecule is CC(CC(C)(C)c1ccccc1)NC(C)C1CCCO1. The highest BCUT2D eigenvalue weighted by molar-refractivity contribution is 5.23. The molecule has 1 aromatic carbocycles. The molecular weight excluding hydrogens is 246 g/mol. The first kappa shape index (κ1) is 15.5. The Hall–Kier alpha value is -0.860. The molecule has 0 radical (unpaired) electrons. The summed E-state index contributed by atoms with van der Waals surface area (Å²) in [4.78, 5) is 0. The topological polar surface area (TPSA) is 21.3 Å². The molecule has 1 saturated heterocycles. The van der Waals surface area contributed by atoms with Crippen molar-refractivity contribution in [1.82, 2.24) is 5.32 Å². The minimum absolute atomic E-state index is 0.198. The minimum Gasteiger partial charge on any atom is -0.377 e. The summed E-state index contributed by atoms with van der Waals surface area (Å²) in [5, 5.41) is 3.72. The Morgan fingerprint density at radius 3 is 2.55 bits per heavy atom. The summed E-state index contributed by atoms with van der Waals surface area (Å²) in [6, 6.07) is 11.7. The first-order chi connectivity index (χ1) is 9.49. The van der Waals surface area contributed by atoms with Gasteiger partial charge in [0.05, 0.1) is 6.10 Å². The molecule has 0 saturated carbocycles. The Balaban J connectivity index is 1.88. The van der Waals surface area contributed by atoms with Gasteiger partial charge < -0.3 is 10.1 Å². The van der Waals surface area contributed by atoms with Gasteiger partial charge in [-0.05, 0) is 44.1 Å². The van der Waals surface area contributed by atoms with E-state index in [2.05, 4.69) is 63.3 Å². The smallest absolute Gasteiger partial charge is 0.0726 e. The van der Waals surface area contributed by atoms with Gasteiger partial charge in [0.25, 0.3) is 0 Å². The third-order valence-corrected chi connectivity index (χ3v) is 4.44. The number of nitrogens with one attached hydrogen (secondary N) is 1. The summed E-state index contributed by atoms with van der Waals surface area (Å²) in [6.45, 7) is 10.1. The van der Waals surface area contributed by atoms with Crippen LogP contribution in [-0.2, 0) is 10.2 Å². The van der Waals surface area contributed by atoms with E-state index in [-0.39, 0.29) is 5.41 Å². The second kappa shape index (κ2) is 6.73. The zero-order valence-electron chi connectivity index (χ0n) is 13.4. The molecule has 112 valence electrons. The summed E-state index contributed by atoms with van der Waals surface area (Å²) in [7, 11) is 0. The molecule has 0 aromatic heterocycles. The minimum atomic E-state index is 0.198. The maximum atomic E-state index is 5.77. The standard InChI is InChI=1S/C18H29NO/c1-14(19-15(2)17-11-8-12-20-17)13-18(3,4)16-9-6-5-7-10-16/h5-7,9-10,14-15,17,19H,8,11-13H2,1-4H3. The van der Waals surface area contributed by atoms with E-state index in [4.69, 9.17) is 4.74 Å². The number of ether oxygens (including phenoxy) is 1. The molecule has 1 N–H and O–H groups in total. The zero-order chi connectivity index (χ0) is 14.6. The Bertz CT molecular complexity index is 395. The van der Waals surface area contributed by atoms with E-state index in [0.717, 1.165) is 13.0 Å². The fraction of sp³-hybridized carbons (Fsp3) is 0.667. The van der Waals surface area contributed by atoms with Gasteiger partial charge in [-0.1, -0.05) is 44.2 Å². The molecular formula is C18H29NO. The molecule has 1 aromatic rings. The van der Waals surface area contributed by atoms with Gasteiger partial charge in [-0.15, -0.1) is 0 Å². The van der Waals surface area contributed by atoms with Crippen LogP contribution in [0.2, 0.25) is 0 Å². The van der Waals surface area contributed by atoms with E-state index in [1.807, 2.05) is 0 Å². The Morgan fingerprint density at radius 2 is 1.95 bits per heavy atom. The third kappa shape index (κ3) is 4.07. The van der Waals surface area contributed by atoms with Crippen LogP contribution in [0.1, 0.15) is 52.5 Å². The largest absolute Gasteiger partial charge is 0.377 e. The van der Waals surface area contributed by atoms with Crippen molar-refractivity contribution in [3.05, 3.63) is 35.9 Å². The van der Waals surface area contributed by atoms with Crippen molar-refractivity contribution in [3.8, 4) is 0 Å². The summed E-state index contributed by atoms with van der Waals surface area (Å²) < 4.78 is 5.77. The molecule has 2 nitrogen and oxygen atoms in total. The van der Waals surface area contributed by atoms with E-state index in [1.54, 1.807) is 0 Å². The van der Waals surface area contributed by atoms with Crippen LogP contribution in [-0.4, -0.2) is 24.8 Å². The highest BCUT2D eigenvalue weighted by atomic mass is 16.5. The zero-order valence-corrected chi connectivity index (χ0v) is 13.4. The van der Waals surface area contributed by atoms with Crippen molar-refractivity contribution in [2.24, 2.45) is 0 Å². The molecule has 1 heterocycles. The number of hydrogen-bond acceptors (Lipinski definition) is 2. The summed E-state index contributed by atoms with van der Waals surface area (Å²) in [5.74, 6) is 0. The average Bonchev–Trinajstić information content (AvgIpc) is 2.93. The molecule has 1 aliphatic rings. The maximum Gasteiger partial charge on any atom is 0.0726 e. The Morgan fingerprint density at radius 1 is 1.25 bits per heavy atom. The maximum absolute atomic E-state index is 5.77. The van der Waals surface area contributed by atoms with Crippen molar-refractivity contribution in [2.45, 2.75) is 70.6 Å². The molecule has 20 heavy (non-hydrogen) atoms. The van der Waals surface area contributed by atoms with Crippen LogP contribution in [0.15, 0.2) is 30.3 Å². The van der Waals surface area contributed by atoms with Crippen LogP contribution in [0.5, 0.6) is 0 Å². The molecule has 3 atom stereocenters. The number of rotatable bonds is 6. The Kier molecular flexibility index (Phi) is 5.22. The molecule has 0 aliphatic carbocycles. The monoisotopic (exact) mass is 275 g/mol.